The van der Waals surface area contributed by atoms with Crippen LogP contribution in [0.25, 0.3) is 0 Å². The summed E-state index contributed by atoms with van der Waals surface area (Å²) >= 11 is 0. The van der Waals surface area contributed by atoms with Crippen molar-refractivity contribution in [3.8, 4) is 6.07 Å². The average Bonchev–Trinajstić information content (AvgIpc) is 2.43. The van der Waals surface area contributed by atoms with Gasteiger partial charge in [-0.2, -0.15) is 18.4 Å². The lowest BCUT2D eigenvalue weighted by molar-refractivity contribution is -0.153. The van der Waals surface area contributed by atoms with Crippen molar-refractivity contribution in [2.75, 3.05) is 0 Å². The molecule has 0 radical (unpaired) electrons. The SMILES string of the molecule is C[C@]1(C#N)C[C@@H]1C(F)(F)F. The third-order valence-electron chi connectivity index (χ3n) is 1.89. The maximum absolute atomic E-state index is 11.8. The Bertz CT molecular complexity index is 190. The molecule has 1 saturated carbocycles. The third kappa shape index (κ3) is 0.962. The molecule has 0 spiro atoms. The molecule has 0 aromatic heterocycles. The van der Waals surface area contributed by atoms with Crippen LogP contribution < -0.4 is 0 Å². The maximum Gasteiger partial charge on any atom is 0.393 e. The molecule has 0 aromatic rings. The summed E-state index contributed by atoms with van der Waals surface area (Å²) in [5.41, 5.74) is -1.13. The summed E-state index contributed by atoms with van der Waals surface area (Å²) in [6.45, 7) is 1.34. The second-order valence-electron chi connectivity index (χ2n) is 2.83. The highest BCUT2D eigenvalue weighted by molar-refractivity contribution is 5.15. The molecule has 0 aromatic carbocycles. The van der Waals surface area contributed by atoms with Crippen molar-refractivity contribution in [3.05, 3.63) is 0 Å². The Kier molecular flexibility index (Phi) is 1.22. The van der Waals surface area contributed by atoms with Gasteiger partial charge >= 0.3 is 6.18 Å². The normalized spacial score (nSPS) is 38.9. The summed E-state index contributed by atoms with van der Waals surface area (Å²) in [4.78, 5) is 0. The summed E-state index contributed by atoms with van der Waals surface area (Å²) in [7, 11) is 0. The highest BCUT2D eigenvalue weighted by Gasteiger charge is 2.64. The first-order chi connectivity index (χ1) is 4.40. The molecule has 1 rings (SSSR count). The molecule has 1 aliphatic carbocycles. The number of nitrogens with zero attached hydrogens (tertiary/aromatic N) is 1. The van der Waals surface area contributed by atoms with E-state index in [-0.39, 0.29) is 6.42 Å². The molecule has 0 bridgehead atoms. The molecule has 4 heteroatoms. The van der Waals surface area contributed by atoms with Gasteiger partial charge in [-0.3, -0.25) is 0 Å². The van der Waals surface area contributed by atoms with Gasteiger partial charge in [0.15, 0.2) is 0 Å². The lowest BCUT2D eigenvalue weighted by Crippen LogP contribution is -2.14. The van der Waals surface area contributed by atoms with Crippen LogP contribution in [0.5, 0.6) is 0 Å². The quantitative estimate of drug-likeness (QED) is 0.517. The van der Waals surface area contributed by atoms with Crippen LogP contribution >= 0.6 is 0 Å². The Hall–Kier alpha value is -0.720. The predicted molar refractivity (Wildman–Crippen MR) is 27.9 cm³/mol. The van der Waals surface area contributed by atoms with Crippen LogP contribution in [0, 0.1) is 22.7 Å². The Labute approximate surface area is 56.4 Å². The van der Waals surface area contributed by atoms with Crippen molar-refractivity contribution in [1.29, 1.82) is 5.26 Å². The number of rotatable bonds is 0. The molecule has 0 heterocycles. The highest BCUT2D eigenvalue weighted by Crippen LogP contribution is 2.59. The highest BCUT2D eigenvalue weighted by atomic mass is 19.4. The van der Waals surface area contributed by atoms with Gasteiger partial charge in [-0.1, -0.05) is 0 Å². The fraction of sp³-hybridized carbons (Fsp3) is 0.833. The standard InChI is InChI=1S/C6H6F3N/c1-5(3-10)2-4(5)6(7,8)9/h4H,2H2,1H3/t4-,5+/m0/s1. The van der Waals surface area contributed by atoms with Gasteiger partial charge in [0.05, 0.1) is 17.4 Å². The van der Waals surface area contributed by atoms with Crippen LogP contribution in [0.2, 0.25) is 0 Å². The molecule has 1 nitrogen and oxygen atoms in total. The van der Waals surface area contributed by atoms with Gasteiger partial charge in [0, 0.05) is 0 Å². The van der Waals surface area contributed by atoms with E-state index in [1.165, 1.54) is 6.92 Å². The van der Waals surface area contributed by atoms with Crippen molar-refractivity contribution < 1.29 is 13.2 Å². The van der Waals surface area contributed by atoms with E-state index < -0.39 is 17.5 Å². The van der Waals surface area contributed by atoms with Crippen molar-refractivity contribution in [2.45, 2.75) is 19.5 Å². The molecule has 0 aliphatic heterocycles. The molecule has 1 aliphatic rings. The van der Waals surface area contributed by atoms with Gasteiger partial charge in [-0.05, 0) is 13.3 Å². The summed E-state index contributed by atoms with van der Waals surface area (Å²) in [6, 6.07) is 1.65. The van der Waals surface area contributed by atoms with E-state index in [4.69, 9.17) is 5.26 Å². The average molecular weight is 149 g/mol. The minimum absolute atomic E-state index is 0.0347. The number of nitriles is 1. The monoisotopic (exact) mass is 149 g/mol. The minimum atomic E-state index is -4.18. The van der Waals surface area contributed by atoms with Crippen molar-refractivity contribution >= 4 is 0 Å². The van der Waals surface area contributed by atoms with E-state index in [0.717, 1.165) is 0 Å². The minimum Gasteiger partial charge on any atom is -0.198 e. The summed E-state index contributed by atoms with van der Waals surface area (Å²) in [5.74, 6) is -1.38. The number of hydrogen-bond donors (Lipinski definition) is 0. The van der Waals surface area contributed by atoms with E-state index in [0.29, 0.717) is 0 Å². The van der Waals surface area contributed by atoms with E-state index >= 15 is 0 Å². The smallest absolute Gasteiger partial charge is 0.198 e. The third-order valence-corrected chi connectivity index (χ3v) is 1.89. The van der Waals surface area contributed by atoms with Gasteiger partial charge in [0.1, 0.15) is 0 Å². The first-order valence-electron chi connectivity index (χ1n) is 2.88. The van der Waals surface area contributed by atoms with Crippen LogP contribution in [0.15, 0.2) is 0 Å². The fourth-order valence-corrected chi connectivity index (χ4v) is 0.966. The Morgan fingerprint density at radius 2 is 2.10 bits per heavy atom. The topological polar surface area (TPSA) is 23.8 Å². The zero-order valence-electron chi connectivity index (χ0n) is 5.37. The second-order valence-corrected chi connectivity index (χ2v) is 2.83. The lowest BCUT2D eigenvalue weighted by Gasteiger charge is -2.04. The number of alkyl halides is 3. The first kappa shape index (κ1) is 7.39. The van der Waals surface area contributed by atoms with Crippen LogP contribution in [0.1, 0.15) is 13.3 Å². The predicted octanol–water partition coefficient (Wildman–Crippen LogP) is 2.10. The first-order valence-corrected chi connectivity index (χ1v) is 2.88. The molecule has 0 amide bonds. The van der Waals surface area contributed by atoms with Gasteiger partial charge in [0.25, 0.3) is 0 Å². The molecular weight excluding hydrogens is 143 g/mol. The Morgan fingerprint density at radius 3 is 2.20 bits per heavy atom. The van der Waals surface area contributed by atoms with Crippen molar-refractivity contribution in [3.63, 3.8) is 0 Å². The van der Waals surface area contributed by atoms with E-state index in [9.17, 15) is 13.2 Å². The molecular formula is C6H6F3N. The van der Waals surface area contributed by atoms with E-state index in [1.807, 2.05) is 0 Å². The molecule has 56 valence electrons. The van der Waals surface area contributed by atoms with Crippen LogP contribution in [0.3, 0.4) is 0 Å². The zero-order chi connectivity index (χ0) is 7.99. The largest absolute Gasteiger partial charge is 0.393 e. The van der Waals surface area contributed by atoms with Gasteiger partial charge in [-0.15, -0.1) is 0 Å². The lowest BCUT2D eigenvalue weighted by atomic mass is 10.1. The van der Waals surface area contributed by atoms with Gasteiger partial charge in [-0.25, -0.2) is 0 Å². The number of hydrogen-bond acceptors (Lipinski definition) is 1. The summed E-state index contributed by atoms with van der Waals surface area (Å²) in [6.07, 6.45) is -4.21. The van der Waals surface area contributed by atoms with Crippen molar-refractivity contribution in [1.82, 2.24) is 0 Å². The Balaban J connectivity index is 2.63. The summed E-state index contributed by atoms with van der Waals surface area (Å²) < 4.78 is 35.3. The van der Waals surface area contributed by atoms with Gasteiger partial charge in [0.2, 0.25) is 0 Å². The van der Waals surface area contributed by atoms with Crippen molar-refractivity contribution in [2.24, 2.45) is 11.3 Å². The fourth-order valence-electron chi connectivity index (χ4n) is 0.966. The van der Waals surface area contributed by atoms with Crippen LogP contribution in [-0.2, 0) is 0 Å². The number of halogens is 3. The molecule has 0 saturated heterocycles. The van der Waals surface area contributed by atoms with E-state index in [1.54, 1.807) is 6.07 Å². The molecule has 1 fully saturated rings. The summed E-state index contributed by atoms with van der Waals surface area (Å²) in [5, 5.41) is 8.25. The molecule has 2 atom stereocenters. The van der Waals surface area contributed by atoms with Gasteiger partial charge < -0.3 is 0 Å². The molecule has 0 N–H and O–H groups in total. The maximum atomic E-state index is 11.8. The van der Waals surface area contributed by atoms with Crippen LogP contribution in [0.4, 0.5) is 13.2 Å². The zero-order valence-corrected chi connectivity index (χ0v) is 5.37. The molecule has 10 heavy (non-hydrogen) atoms. The second kappa shape index (κ2) is 1.66. The Morgan fingerprint density at radius 1 is 1.60 bits per heavy atom. The van der Waals surface area contributed by atoms with Crippen LogP contribution in [-0.4, -0.2) is 6.18 Å². The van der Waals surface area contributed by atoms with E-state index in [2.05, 4.69) is 0 Å². The molecule has 0 unspecified atom stereocenters.